The highest BCUT2D eigenvalue weighted by atomic mass is 32.2. The molecule has 0 unspecified atom stereocenters. The molecule has 0 aliphatic carbocycles. The average Bonchev–Trinajstić information content (AvgIpc) is 2.92. The van der Waals surface area contributed by atoms with Gasteiger partial charge in [0.15, 0.2) is 0 Å². The van der Waals surface area contributed by atoms with Gasteiger partial charge in [-0.15, -0.1) is 0 Å². The van der Waals surface area contributed by atoms with Crippen LogP contribution in [0.5, 0.6) is 0 Å². The topological polar surface area (TPSA) is 92.8 Å². The highest BCUT2D eigenvalue weighted by Crippen LogP contribution is 2.12. The van der Waals surface area contributed by atoms with E-state index in [1.54, 1.807) is 4.90 Å². The van der Waals surface area contributed by atoms with Crippen LogP contribution in [-0.2, 0) is 19.6 Å². The number of carbonyl (C=O) groups is 2. The van der Waals surface area contributed by atoms with Gasteiger partial charge in [-0.3, -0.25) is 4.79 Å². The number of nitrogens with zero attached hydrogens (tertiary/aromatic N) is 1. The molecule has 1 aliphatic heterocycles. The Morgan fingerprint density at radius 3 is 2.55 bits per heavy atom. The van der Waals surface area contributed by atoms with Crippen LogP contribution in [0.15, 0.2) is 29.2 Å². The second-order valence-corrected chi connectivity index (χ2v) is 6.74. The maximum Gasteiger partial charge on any atom is 0.338 e. The van der Waals surface area contributed by atoms with Crippen molar-refractivity contribution < 1.29 is 22.7 Å². The third-order valence-electron chi connectivity index (χ3n) is 3.43. The van der Waals surface area contributed by atoms with Gasteiger partial charge in [-0.1, -0.05) is 0 Å². The zero-order valence-corrected chi connectivity index (χ0v) is 13.1. The van der Waals surface area contributed by atoms with Crippen LogP contribution in [0.4, 0.5) is 0 Å². The van der Waals surface area contributed by atoms with Crippen LogP contribution < -0.4 is 4.72 Å². The normalized spacial score (nSPS) is 15.1. The first-order valence-corrected chi connectivity index (χ1v) is 8.41. The molecule has 1 aromatic carbocycles. The molecular weight excluding hydrogens is 308 g/mol. The molecule has 8 heteroatoms. The summed E-state index contributed by atoms with van der Waals surface area (Å²) in [6, 6.07) is 5.47. The summed E-state index contributed by atoms with van der Waals surface area (Å²) >= 11 is 0. The molecule has 7 nitrogen and oxygen atoms in total. The second-order valence-electron chi connectivity index (χ2n) is 4.85. The quantitative estimate of drug-likeness (QED) is 0.763. The van der Waals surface area contributed by atoms with E-state index in [-0.39, 0.29) is 23.0 Å². The first-order chi connectivity index (χ1) is 10.4. The van der Waals surface area contributed by atoms with Gasteiger partial charge in [0.1, 0.15) is 6.61 Å². The molecule has 1 saturated heterocycles. The molecule has 0 aromatic heterocycles. The van der Waals surface area contributed by atoms with Gasteiger partial charge in [-0.25, -0.2) is 17.9 Å². The first-order valence-electron chi connectivity index (χ1n) is 6.92. The van der Waals surface area contributed by atoms with Crippen LogP contribution in [0, 0.1) is 0 Å². The summed E-state index contributed by atoms with van der Waals surface area (Å²) in [6.45, 7) is 1.21. The number of rotatable bonds is 6. The number of nitrogens with one attached hydrogen (secondary N) is 1. The minimum Gasteiger partial charge on any atom is -0.460 e. The van der Waals surface area contributed by atoms with E-state index in [2.05, 4.69) is 4.72 Å². The molecule has 1 heterocycles. The maximum absolute atomic E-state index is 11.8. The molecule has 0 radical (unpaired) electrons. The molecular formula is C14H18N2O5S. The van der Waals surface area contributed by atoms with E-state index in [0.717, 1.165) is 6.42 Å². The van der Waals surface area contributed by atoms with Crippen molar-refractivity contribution in [2.45, 2.75) is 17.7 Å². The maximum atomic E-state index is 11.8. The molecule has 1 N–H and O–H groups in total. The van der Waals surface area contributed by atoms with Crippen molar-refractivity contribution in [2.75, 3.05) is 26.7 Å². The predicted molar refractivity (Wildman–Crippen MR) is 78.8 cm³/mol. The summed E-state index contributed by atoms with van der Waals surface area (Å²) in [5, 5.41) is 0. The van der Waals surface area contributed by atoms with Crippen molar-refractivity contribution in [3.05, 3.63) is 29.8 Å². The summed E-state index contributed by atoms with van der Waals surface area (Å²) in [5.41, 5.74) is 0.266. The Morgan fingerprint density at radius 2 is 2.00 bits per heavy atom. The molecule has 0 bridgehead atoms. The highest BCUT2D eigenvalue weighted by Gasteiger charge is 2.20. The van der Waals surface area contributed by atoms with Crippen molar-refractivity contribution in [1.82, 2.24) is 9.62 Å². The molecule has 1 aromatic rings. The molecule has 120 valence electrons. The third kappa shape index (κ3) is 3.83. The highest BCUT2D eigenvalue weighted by molar-refractivity contribution is 7.89. The third-order valence-corrected chi connectivity index (χ3v) is 4.87. The Labute approximate surface area is 129 Å². The predicted octanol–water partition coefficient (Wildman–Crippen LogP) is 0.374. The SMILES string of the molecule is CNS(=O)(=O)c1ccc(C(=O)OCCN2CCCC2=O)cc1. The van der Waals surface area contributed by atoms with Crippen molar-refractivity contribution >= 4 is 21.9 Å². The van der Waals surface area contributed by atoms with Gasteiger partial charge in [0, 0.05) is 13.0 Å². The van der Waals surface area contributed by atoms with Crippen molar-refractivity contribution in [3.8, 4) is 0 Å². The zero-order chi connectivity index (χ0) is 16.2. The van der Waals surface area contributed by atoms with Crippen LogP contribution in [0.2, 0.25) is 0 Å². The molecule has 1 amide bonds. The van der Waals surface area contributed by atoms with Crippen molar-refractivity contribution in [3.63, 3.8) is 0 Å². The van der Waals surface area contributed by atoms with Crippen LogP contribution in [-0.4, -0.2) is 51.9 Å². The first kappa shape index (κ1) is 16.4. The number of esters is 1. The lowest BCUT2D eigenvalue weighted by molar-refractivity contribution is -0.128. The number of ether oxygens (including phenoxy) is 1. The van der Waals surface area contributed by atoms with Gasteiger partial charge < -0.3 is 9.64 Å². The van der Waals surface area contributed by atoms with E-state index in [0.29, 0.717) is 19.5 Å². The standard InChI is InChI=1S/C14H18N2O5S/c1-15-22(19,20)12-6-4-11(5-7-12)14(18)21-10-9-16-8-2-3-13(16)17/h4-7,15H,2-3,8-10H2,1H3. The van der Waals surface area contributed by atoms with Crippen LogP contribution in [0.1, 0.15) is 23.2 Å². The largest absolute Gasteiger partial charge is 0.460 e. The fourth-order valence-corrected chi connectivity index (χ4v) is 2.89. The number of hydrogen-bond acceptors (Lipinski definition) is 5. The fourth-order valence-electron chi connectivity index (χ4n) is 2.16. The molecule has 2 rings (SSSR count). The Hall–Kier alpha value is -1.93. The van der Waals surface area contributed by atoms with Gasteiger partial charge in [0.25, 0.3) is 0 Å². The lowest BCUT2D eigenvalue weighted by Gasteiger charge is -2.15. The minimum atomic E-state index is -3.52. The van der Waals surface area contributed by atoms with E-state index in [4.69, 9.17) is 4.74 Å². The number of amides is 1. The van der Waals surface area contributed by atoms with Crippen molar-refractivity contribution in [1.29, 1.82) is 0 Å². The number of likely N-dealkylation sites (tertiary alicyclic amines) is 1. The van der Waals surface area contributed by atoms with E-state index in [9.17, 15) is 18.0 Å². The van der Waals surface area contributed by atoms with E-state index in [1.807, 2.05) is 0 Å². The zero-order valence-electron chi connectivity index (χ0n) is 12.2. The van der Waals surface area contributed by atoms with Crippen molar-refractivity contribution in [2.24, 2.45) is 0 Å². The smallest absolute Gasteiger partial charge is 0.338 e. The van der Waals surface area contributed by atoms with Gasteiger partial charge in [-0.2, -0.15) is 0 Å². The molecule has 1 aliphatic rings. The average molecular weight is 326 g/mol. The second kappa shape index (κ2) is 6.89. The number of sulfonamides is 1. The summed E-state index contributed by atoms with van der Waals surface area (Å²) in [6.07, 6.45) is 1.39. The monoisotopic (exact) mass is 326 g/mol. The van der Waals surface area contributed by atoms with Crippen LogP contribution >= 0.6 is 0 Å². The van der Waals surface area contributed by atoms with Gasteiger partial charge >= 0.3 is 5.97 Å². The number of carbonyl (C=O) groups excluding carboxylic acids is 2. The van der Waals surface area contributed by atoms with Gasteiger partial charge in [0.2, 0.25) is 15.9 Å². The van der Waals surface area contributed by atoms with Crippen LogP contribution in [0.3, 0.4) is 0 Å². The summed E-state index contributed by atoms with van der Waals surface area (Å²) in [5.74, 6) is -0.460. The van der Waals surface area contributed by atoms with Crippen LogP contribution in [0.25, 0.3) is 0 Å². The minimum absolute atomic E-state index is 0.0780. The Bertz CT molecular complexity index is 654. The number of benzene rings is 1. The molecule has 0 spiro atoms. The lowest BCUT2D eigenvalue weighted by atomic mass is 10.2. The summed E-state index contributed by atoms with van der Waals surface area (Å²) < 4.78 is 30.4. The molecule has 0 saturated carbocycles. The lowest BCUT2D eigenvalue weighted by Crippen LogP contribution is -2.29. The Kier molecular flexibility index (Phi) is 5.15. The Balaban J connectivity index is 1.89. The van der Waals surface area contributed by atoms with Gasteiger partial charge in [-0.05, 0) is 37.7 Å². The Morgan fingerprint density at radius 1 is 1.32 bits per heavy atom. The van der Waals surface area contributed by atoms with E-state index >= 15 is 0 Å². The molecule has 1 fully saturated rings. The van der Waals surface area contributed by atoms with Gasteiger partial charge in [0.05, 0.1) is 17.0 Å². The van der Waals surface area contributed by atoms with E-state index in [1.165, 1.54) is 31.3 Å². The molecule has 0 atom stereocenters. The summed E-state index contributed by atoms with van der Waals surface area (Å²) in [4.78, 5) is 25.0. The van der Waals surface area contributed by atoms with E-state index < -0.39 is 16.0 Å². The molecule has 22 heavy (non-hydrogen) atoms. The number of hydrogen-bond donors (Lipinski definition) is 1. The fraction of sp³-hybridized carbons (Fsp3) is 0.429. The summed E-state index contributed by atoms with van der Waals surface area (Å²) in [7, 11) is -2.20.